The first-order valence-corrected chi connectivity index (χ1v) is 12.2. The van der Waals surface area contributed by atoms with Crippen LogP contribution in [0.25, 0.3) is 0 Å². The van der Waals surface area contributed by atoms with Gasteiger partial charge in [0.1, 0.15) is 11.5 Å². The van der Waals surface area contributed by atoms with E-state index in [0.717, 1.165) is 42.9 Å². The predicted molar refractivity (Wildman–Crippen MR) is 138 cm³/mol. The SMILES string of the molecule is CC1=C(O)C(Cc2ccc(N3CCC(O)C3)cc2)=CC(=Nc2ccc(N3CCC(O)C3)cc2)C1=O. The molecule has 7 nitrogen and oxygen atoms in total. The molecule has 35 heavy (non-hydrogen) atoms. The Bertz CT molecular complexity index is 1200. The number of carbonyl (C=O) groups is 1. The highest BCUT2D eigenvalue weighted by atomic mass is 16.3. The molecule has 2 aromatic carbocycles. The first-order chi connectivity index (χ1) is 16.9. The van der Waals surface area contributed by atoms with E-state index >= 15 is 0 Å². The summed E-state index contributed by atoms with van der Waals surface area (Å²) in [4.78, 5) is 21.7. The van der Waals surface area contributed by atoms with Crippen LogP contribution in [0.5, 0.6) is 0 Å². The van der Waals surface area contributed by atoms with Gasteiger partial charge in [0.25, 0.3) is 0 Å². The van der Waals surface area contributed by atoms with Crippen molar-refractivity contribution in [1.29, 1.82) is 0 Å². The highest BCUT2D eigenvalue weighted by Crippen LogP contribution is 2.28. The Morgan fingerprint density at radius 2 is 1.43 bits per heavy atom. The van der Waals surface area contributed by atoms with Crippen molar-refractivity contribution in [2.45, 2.75) is 38.4 Å². The van der Waals surface area contributed by atoms with E-state index in [4.69, 9.17) is 0 Å². The lowest BCUT2D eigenvalue weighted by Gasteiger charge is -2.19. The van der Waals surface area contributed by atoms with Crippen LogP contribution in [0.1, 0.15) is 25.3 Å². The first kappa shape index (κ1) is 23.3. The number of hydrogen-bond acceptors (Lipinski definition) is 7. The van der Waals surface area contributed by atoms with E-state index in [-0.39, 0.29) is 23.8 Å². The Balaban J connectivity index is 1.33. The van der Waals surface area contributed by atoms with E-state index in [2.05, 4.69) is 14.8 Å². The van der Waals surface area contributed by atoms with Crippen molar-refractivity contribution in [3.05, 3.63) is 77.1 Å². The number of aliphatic imine (C=N–C) groups is 1. The number of nitrogens with zero attached hydrogens (tertiary/aromatic N) is 3. The maximum atomic E-state index is 12.8. The van der Waals surface area contributed by atoms with Gasteiger partial charge in [-0.25, -0.2) is 4.99 Å². The number of Topliss-reactive ketones (excluding diaryl/α,β-unsaturated/α-hetero) is 1. The second-order valence-corrected chi connectivity index (χ2v) is 9.61. The lowest BCUT2D eigenvalue weighted by atomic mass is 9.91. The monoisotopic (exact) mass is 473 g/mol. The quantitative estimate of drug-likeness (QED) is 0.576. The smallest absolute Gasteiger partial charge is 0.210 e. The van der Waals surface area contributed by atoms with E-state index in [0.29, 0.717) is 42.1 Å². The molecule has 2 aliphatic heterocycles. The summed E-state index contributed by atoms with van der Waals surface area (Å²) in [6.45, 7) is 4.57. The van der Waals surface area contributed by atoms with Crippen molar-refractivity contribution in [2.24, 2.45) is 4.99 Å². The maximum absolute atomic E-state index is 12.8. The van der Waals surface area contributed by atoms with E-state index in [9.17, 15) is 20.1 Å². The van der Waals surface area contributed by atoms with Gasteiger partial charge in [-0.05, 0) is 67.8 Å². The van der Waals surface area contributed by atoms with Crippen LogP contribution in [0, 0.1) is 0 Å². The van der Waals surface area contributed by atoms with Gasteiger partial charge in [0, 0.05) is 55.1 Å². The number of hydrogen-bond donors (Lipinski definition) is 3. The summed E-state index contributed by atoms with van der Waals surface area (Å²) in [7, 11) is 0. The summed E-state index contributed by atoms with van der Waals surface area (Å²) in [6, 6.07) is 15.8. The number of aliphatic hydroxyl groups excluding tert-OH is 3. The van der Waals surface area contributed by atoms with Crippen molar-refractivity contribution in [1.82, 2.24) is 0 Å². The zero-order chi connectivity index (χ0) is 24.5. The molecule has 2 unspecified atom stereocenters. The third-order valence-electron chi connectivity index (χ3n) is 7.03. The minimum atomic E-state index is -0.287. The van der Waals surface area contributed by atoms with Crippen LogP contribution in [0.3, 0.4) is 0 Å². The third-order valence-corrected chi connectivity index (χ3v) is 7.03. The molecule has 0 saturated carbocycles. The number of rotatable bonds is 5. The fourth-order valence-corrected chi connectivity index (χ4v) is 4.93. The highest BCUT2D eigenvalue weighted by Gasteiger charge is 2.25. The predicted octanol–water partition coefficient (Wildman–Crippen LogP) is 3.48. The average Bonchev–Trinajstić information content (AvgIpc) is 3.50. The van der Waals surface area contributed by atoms with Gasteiger partial charge in [0.05, 0.1) is 17.9 Å². The zero-order valence-corrected chi connectivity index (χ0v) is 19.9. The lowest BCUT2D eigenvalue weighted by Crippen LogP contribution is -2.21. The van der Waals surface area contributed by atoms with Crippen LogP contribution in [0.2, 0.25) is 0 Å². The average molecular weight is 474 g/mol. The van der Waals surface area contributed by atoms with Gasteiger partial charge in [-0.2, -0.15) is 0 Å². The van der Waals surface area contributed by atoms with Gasteiger partial charge in [-0.1, -0.05) is 12.1 Å². The Labute approximate surface area is 205 Å². The number of carbonyl (C=O) groups excluding carboxylic acids is 1. The molecule has 2 heterocycles. The van der Waals surface area contributed by atoms with Crippen molar-refractivity contribution in [2.75, 3.05) is 36.0 Å². The summed E-state index contributed by atoms with van der Waals surface area (Å²) in [5, 5.41) is 30.2. The normalized spacial score (nSPS) is 24.0. The van der Waals surface area contributed by atoms with Crippen LogP contribution in [0.15, 0.2) is 76.5 Å². The van der Waals surface area contributed by atoms with Crippen molar-refractivity contribution in [3.8, 4) is 0 Å². The molecule has 5 rings (SSSR count). The fraction of sp³-hybridized carbons (Fsp3) is 0.357. The molecule has 2 fully saturated rings. The minimum absolute atomic E-state index is 0.0173. The summed E-state index contributed by atoms with van der Waals surface area (Å²) in [6.07, 6.45) is 3.16. The van der Waals surface area contributed by atoms with Crippen LogP contribution in [-0.2, 0) is 11.2 Å². The summed E-state index contributed by atoms with van der Waals surface area (Å²) >= 11 is 0. The molecule has 182 valence electrons. The number of ketones is 1. The first-order valence-electron chi connectivity index (χ1n) is 12.2. The molecule has 2 atom stereocenters. The topological polar surface area (TPSA) is 96.6 Å². The summed E-state index contributed by atoms with van der Waals surface area (Å²) in [5.74, 6) is -0.260. The second-order valence-electron chi connectivity index (χ2n) is 9.61. The second kappa shape index (κ2) is 9.68. The van der Waals surface area contributed by atoms with Gasteiger partial charge >= 0.3 is 0 Å². The van der Waals surface area contributed by atoms with Gasteiger partial charge in [-0.3, -0.25) is 4.79 Å². The van der Waals surface area contributed by atoms with Crippen molar-refractivity contribution in [3.63, 3.8) is 0 Å². The molecule has 3 aliphatic rings. The fourth-order valence-electron chi connectivity index (χ4n) is 4.93. The van der Waals surface area contributed by atoms with Gasteiger partial charge in [0.2, 0.25) is 5.78 Å². The van der Waals surface area contributed by atoms with Crippen LogP contribution in [-0.4, -0.2) is 65.2 Å². The van der Waals surface area contributed by atoms with Crippen molar-refractivity contribution < 1.29 is 20.1 Å². The maximum Gasteiger partial charge on any atom is 0.210 e. The number of β-amino-alcohol motifs (C(OH)–C–C–N with tert-alkyl or cyclic N) is 2. The zero-order valence-electron chi connectivity index (χ0n) is 19.9. The van der Waals surface area contributed by atoms with E-state index in [1.54, 1.807) is 13.0 Å². The molecular weight excluding hydrogens is 442 g/mol. The molecule has 0 spiro atoms. The molecule has 0 amide bonds. The minimum Gasteiger partial charge on any atom is -0.507 e. The molecule has 0 radical (unpaired) electrons. The molecule has 2 saturated heterocycles. The van der Waals surface area contributed by atoms with E-state index < -0.39 is 0 Å². The van der Waals surface area contributed by atoms with E-state index in [1.807, 2.05) is 48.5 Å². The Morgan fingerprint density at radius 1 is 0.886 bits per heavy atom. The van der Waals surface area contributed by atoms with Crippen molar-refractivity contribution >= 4 is 28.6 Å². The van der Waals surface area contributed by atoms with Crippen LogP contribution in [0.4, 0.5) is 17.1 Å². The Morgan fingerprint density at radius 3 is 1.94 bits per heavy atom. The van der Waals surface area contributed by atoms with Crippen LogP contribution < -0.4 is 9.80 Å². The molecule has 0 bridgehead atoms. The lowest BCUT2D eigenvalue weighted by molar-refractivity contribution is -0.109. The number of benzene rings is 2. The summed E-state index contributed by atoms with van der Waals surface area (Å²) in [5.41, 5.74) is 5.05. The molecule has 3 N–H and O–H groups in total. The van der Waals surface area contributed by atoms with Gasteiger partial charge in [0.15, 0.2) is 0 Å². The molecule has 7 heteroatoms. The third kappa shape index (κ3) is 5.01. The van der Waals surface area contributed by atoms with Gasteiger partial charge in [-0.15, -0.1) is 0 Å². The Hall–Kier alpha value is -3.42. The number of anilines is 2. The number of allylic oxidation sites excluding steroid dienone is 3. The standard InChI is InChI=1S/C28H31N3O4/c1-18-27(34)20(14-19-2-6-22(7-3-19)30-12-10-24(32)16-30)15-26(28(18)35)29-21-4-8-23(9-5-21)31-13-11-25(33)17-31/h2-9,15,24-25,32-34H,10-14,16-17H2,1H3. The molecule has 0 aromatic heterocycles. The Kier molecular flexibility index (Phi) is 6.45. The highest BCUT2D eigenvalue weighted by molar-refractivity contribution is 6.51. The van der Waals surface area contributed by atoms with E-state index in [1.165, 1.54) is 0 Å². The number of aliphatic hydroxyl groups is 3. The molecule has 2 aromatic rings. The van der Waals surface area contributed by atoms with Gasteiger partial charge < -0.3 is 25.1 Å². The largest absolute Gasteiger partial charge is 0.507 e. The molecular formula is C28H31N3O4. The van der Waals surface area contributed by atoms with Crippen LogP contribution >= 0.6 is 0 Å². The molecule has 1 aliphatic carbocycles. The summed E-state index contributed by atoms with van der Waals surface area (Å²) < 4.78 is 0.